The highest BCUT2D eigenvalue weighted by molar-refractivity contribution is 9.09. The number of benzene rings is 1. The molecule has 78 valence electrons. The Balaban J connectivity index is 2.96. The summed E-state index contributed by atoms with van der Waals surface area (Å²) in [6.45, 7) is 6.02. The van der Waals surface area contributed by atoms with E-state index in [1.54, 1.807) is 6.07 Å². The molecule has 0 aliphatic carbocycles. The highest BCUT2D eigenvalue weighted by Crippen LogP contribution is 2.20. The Labute approximate surface area is 93.7 Å². The Morgan fingerprint density at radius 3 is 2.50 bits per heavy atom. The van der Waals surface area contributed by atoms with E-state index < -0.39 is 0 Å². The van der Waals surface area contributed by atoms with Gasteiger partial charge in [-0.25, -0.2) is 4.39 Å². The molecule has 1 unspecified atom stereocenters. The van der Waals surface area contributed by atoms with Crippen molar-refractivity contribution in [2.24, 2.45) is 5.92 Å². The van der Waals surface area contributed by atoms with Crippen LogP contribution in [0.2, 0.25) is 0 Å². The Hall–Kier alpha value is -0.370. The molecule has 1 aromatic rings. The van der Waals surface area contributed by atoms with Crippen LogP contribution in [0.5, 0.6) is 0 Å². The molecular formula is C12H16BrF. The topological polar surface area (TPSA) is 0 Å². The number of hydrogen-bond donors (Lipinski definition) is 0. The summed E-state index contributed by atoms with van der Waals surface area (Å²) in [6.07, 6.45) is 0.809. The van der Waals surface area contributed by atoms with Crippen LogP contribution in [0, 0.1) is 25.6 Å². The van der Waals surface area contributed by atoms with Crippen LogP contribution >= 0.6 is 15.9 Å². The number of aryl methyl sites for hydroxylation is 2. The van der Waals surface area contributed by atoms with Crippen molar-refractivity contribution in [3.8, 4) is 0 Å². The van der Waals surface area contributed by atoms with Gasteiger partial charge in [0.25, 0.3) is 0 Å². The van der Waals surface area contributed by atoms with Crippen LogP contribution in [-0.2, 0) is 6.42 Å². The Bertz CT molecular complexity index is 297. The number of rotatable bonds is 3. The Morgan fingerprint density at radius 1 is 1.36 bits per heavy atom. The fraction of sp³-hybridized carbons (Fsp3) is 0.500. The van der Waals surface area contributed by atoms with E-state index in [1.165, 1.54) is 0 Å². The third-order valence-corrected chi connectivity index (χ3v) is 3.48. The van der Waals surface area contributed by atoms with Crippen molar-refractivity contribution in [3.63, 3.8) is 0 Å². The Morgan fingerprint density at radius 2 is 2.00 bits per heavy atom. The van der Waals surface area contributed by atoms with Crippen LogP contribution in [0.4, 0.5) is 4.39 Å². The summed E-state index contributed by atoms with van der Waals surface area (Å²) in [4.78, 5) is 0. The lowest BCUT2D eigenvalue weighted by Crippen LogP contribution is -2.05. The van der Waals surface area contributed by atoms with E-state index in [0.717, 1.165) is 28.4 Å². The zero-order chi connectivity index (χ0) is 10.7. The normalized spacial score (nSPS) is 12.9. The van der Waals surface area contributed by atoms with E-state index in [4.69, 9.17) is 0 Å². The van der Waals surface area contributed by atoms with E-state index in [9.17, 15) is 4.39 Å². The molecule has 2 heteroatoms. The molecule has 0 saturated carbocycles. The molecule has 0 fully saturated rings. The van der Waals surface area contributed by atoms with Gasteiger partial charge in [-0.1, -0.05) is 28.9 Å². The van der Waals surface area contributed by atoms with Gasteiger partial charge < -0.3 is 0 Å². The highest BCUT2D eigenvalue weighted by Gasteiger charge is 2.10. The first-order chi connectivity index (χ1) is 6.54. The predicted molar refractivity (Wildman–Crippen MR) is 62.5 cm³/mol. The van der Waals surface area contributed by atoms with Gasteiger partial charge in [0.05, 0.1) is 0 Å². The zero-order valence-electron chi connectivity index (χ0n) is 8.90. The second-order valence-electron chi connectivity index (χ2n) is 4.01. The summed E-state index contributed by atoms with van der Waals surface area (Å²) in [7, 11) is 0. The summed E-state index contributed by atoms with van der Waals surface area (Å²) >= 11 is 3.41. The van der Waals surface area contributed by atoms with E-state index in [2.05, 4.69) is 22.9 Å². The summed E-state index contributed by atoms with van der Waals surface area (Å²) in [5.41, 5.74) is 2.92. The van der Waals surface area contributed by atoms with Crippen molar-refractivity contribution in [1.29, 1.82) is 0 Å². The molecule has 0 saturated heterocycles. The third-order valence-electron chi connectivity index (χ3n) is 2.38. The van der Waals surface area contributed by atoms with Crippen LogP contribution in [0.15, 0.2) is 12.1 Å². The maximum absolute atomic E-state index is 13.6. The quantitative estimate of drug-likeness (QED) is 0.719. The molecule has 0 heterocycles. The van der Waals surface area contributed by atoms with Crippen LogP contribution in [0.1, 0.15) is 23.6 Å². The van der Waals surface area contributed by atoms with E-state index >= 15 is 0 Å². The first kappa shape index (κ1) is 11.7. The molecule has 0 aliphatic rings. The SMILES string of the molecule is Cc1cc(C)c(CC(C)CBr)c(F)c1. The lowest BCUT2D eigenvalue weighted by atomic mass is 9.97. The standard InChI is InChI=1S/C12H16BrF/c1-8-4-10(3)11(12(14)6-8)5-9(2)7-13/h4,6,9H,5,7H2,1-3H3. The summed E-state index contributed by atoms with van der Waals surface area (Å²) in [6, 6.07) is 3.66. The second-order valence-corrected chi connectivity index (χ2v) is 4.65. The molecule has 0 spiro atoms. The van der Waals surface area contributed by atoms with Crippen molar-refractivity contribution < 1.29 is 4.39 Å². The van der Waals surface area contributed by atoms with Gasteiger partial charge in [0.1, 0.15) is 5.82 Å². The van der Waals surface area contributed by atoms with Gasteiger partial charge in [0.15, 0.2) is 0 Å². The molecule has 1 atom stereocenters. The molecule has 0 N–H and O–H groups in total. The van der Waals surface area contributed by atoms with Crippen molar-refractivity contribution >= 4 is 15.9 Å². The second kappa shape index (κ2) is 4.92. The van der Waals surface area contributed by atoms with Gasteiger partial charge in [0.2, 0.25) is 0 Å². The Kier molecular flexibility index (Phi) is 4.11. The molecule has 0 bridgehead atoms. The summed E-state index contributed by atoms with van der Waals surface area (Å²) in [5, 5.41) is 0.916. The van der Waals surface area contributed by atoms with Crippen molar-refractivity contribution in [1.82, 2.24) is 0 Å². The van der Waals surface area contributed by atoms with E-state index in [1.807, 2.05) is 19.9 Å². The molecule has 0 radical (unpaired) electrons. The molecule has 14 heavy (non-hydrogen) atoms. The maximum Gasteiger partial charge on any atom is 0.126 e. The van der Waals surface area contributed by atoms with Crippen molar-refractivity contribution in [2.45, 2.75) is 27.2 Å². The monoisotopic (exact) mass is 258 g/mol. The smallest absolute Gasteiger partial charge is 0.126 e. The van der Waals surface area contributed by atoms with Crippen LogP contribution in [0.3, 0.4) is 0 Å². The average Bonchev–Trinajstić information content (AvgIpc) is 2.10. The first-order valence-electron chi connectivity index (χ1n) is 4.86. The minimum absolute atomic E-state index is 0.0599. The molecule has 0 nitrogen and oxygen atoms in total. The van der Waals surface area contributed by atoms with E-state index in [-0.39, 0.29) is 5.82 Å². The summed E-state index contributed by atoms with van der Waals surface area (Å²) in [5.74, 6) is 0.418. The third kappa shape index (κ3) is 2.81. The molecule has 1 aromatic carbocycles. The van der Waals surface area contributed by atoms with Gasteiger partial charge in [-0.15, -0.1) is 0 Å². The van der Waals surface area contributed by atoms with Crippen LogP contribution in [-0.4, -0.2) is 5.33 Å². The van der Waals surface area contributed by atoms with Gasteiger partial charge in [-0.05, 0) is 48.9 Å². The first-order valence-corrected chi connectivity index (χ1v) is 5.98. The number of alkyl halides is 1. The summed E-state index contributed by atoms with van der Waals surface area (Å²) < 4.78 is 13.6. The van der Waals surface area contributed by atoms with E-state index in [0.29, 0.717) is 5.92 Å². The highest BCUT2D eigenvalue weighted by atomic mass is 79.9. The van der Waals surface area contributed by atoms with Crippen LogP contribution < -0.4 is 0 Å². The molecule has 1 rings (SSSR count). The lowest BCUT2D eigenvalue weighted by molar-refractivity contribution is 0.575. The van der Waals surface area contributed by atoms with Gasteiger partial charge in [-0.3, -0.25) is 0 Å². The molecule has 0 aromatic heterocycles. The average molecular weight is 259 g/mol. The molecular weight excluding hydrogens is 243 g/mol. The largest absolute Gasteiger partial charge is 0.207 e. The molecule has 0 aliphatic heterocycles. The van der Waals surface area contributed by atoms with Crippen molar-refractivity contribution in [2.75, 3.05) is 5.33 Å². The minimum Gasteiger partial charge on any atom is -0.207 e. The maximum atomic E-state index is 13.6. The lowest BCUT2D eigenvalue weighted by Gasteiger charge is -2.12. The van der Waals surface area contributed by atoms with Crippen LogP contribution in [0.25, 0.3) is 0 Å². The van der Waals surface area contributed by atoms with Gasteiger partial charge in [0, 0.05) is 5.33 Å². The van der Waals surface area contributed by atoms with Crippen molar-refractivity contribution in [3.05, 3.63) is 34.6 Å². The fourth-order valence-electron chi connectivity index (χ4n) is 1.61. The zero-order valence-corrected chi connectivity index (χ0v) is 10.5. The minimum atomic E-state index is -0.0599. The van der Waals surface area contributed by atoms with Gasteiger partial charge >= 0.3 is 0 Å². The van der Waals surface area contributed by atoms with Gasteiger partial charge in [-0.2, -0.15) is 0 Å². The predicted octanol–water partition coefficient (Wildman–Crippen LogP) is 4.02. The fourth-order valence-corrected chi connectivity index (χ4v) is 1.84. The number of halogens is 2. The molecule has 0 amide bonds. The number of hydrogen-bond acceptors (Lipinski definition) is 0.